The predicted molar refractivity (Wildman–Crippen MR) is 104 cm³/mol. The summed E-state index contributed by atoms with van der Waals surface area (Å²) in [6, 6.07) is 8.09. The molecule has 1 fully saturated rings. The van der Waals surface area contributed by atoms with Gasteiger partial charge < -0.3 is 10.1 Å². The number of carbonyl (C=O) groups is 1. The van der Waals surface area contributed by atoms with Crippen LogP contribution < -0.4 is 10.1 Å². The van der Waals surface area contributed by atoms with Crippen molar-refractivity contribution in [3.8, 4) is 5.75 Å². The summed E-state index contributed by atoms with van der Waals surface area (Å²) in [6.45, 7) is 4.04. The molecule has 1 N–H and O–H groups in total. The van der Waals surface area contributed by atoms with E-state index in [4.69, 9.17) is 4.74 Å². The number of rotatable bonds is 9. The van der Waals surface area contributed by atoms with Crippen molar-refractivity contribution in [2.24, 2.45) is 5.92 Å². The van der Waals surface area contributed by atoms with Gasteiger partial charge in [0, 0.05) is 37.6 Å². The molecule has 1 aromatic carbocycles. The Morgan fingerprint density at radius 2 is 2.19 bits per heavy atom. The lowest BCUT2D eigenvalue weighted by Crippen LogP contribution is -2.39. The molecule has 0 radical (unpaired) electrons. The minimum atomic E-state index is -0.0680. The van der Waals surface area contributed by atoms with E-state index in [1.807, 2.05) is 19.1 Å². The fourth-order valence-corrected chi connectivity index (χ4v) is 3.11. The van der Waals surface area contributed by atoms with Gasteiger partial charge in [-0.25, -0.2) is 0 Å². The van der Waals surface area contributed by atoms with Crippen LogP contribution in [0.1, 0.15) is 37.4 Å². The molecule has 0 bridgehead atoms. The van der Waals surface area contributed by atoms with Gasteiger partial charge in [-0.15, -0.1) is 0 Å². The smallest absolute Gasteiger partial charge is 0.223 e. The van der Waals surface area contributed by atoms with Gasteiger partial charge in [-0.2, -0.15) is 0 Å². The maximum atomic E-state index is 11.9. The minimum Gasteiger partial charge on any atom is -0.489 e. The zero-order valence-corrected chi connectivity index (χ0v) is 16.1. The molecule has 27 heavy (non-hydrogen) atoms. The molecule has 0 aliphatic heterocycles. The molecule has 1 saturated carbocycles. The molecule has 1 atom stereocenters. The van der Waals surface area contributed by atoms with E-state index in [1.54, 1.807) is 18.6 Å². The second-order valence-electron chi connectivity index (χ2n) is 7.32. The van der Waals surface area contributed by atoms with Crippen LogP contribution in [0.15, 0.2) is 42.9 Å². The van der Waals surface area contributed by atoms with Crippen molar-refractivity contribution in [2.75, 3.05) is 13.6 Å². The number of aromatic nitrogens is 2. The average molecular weight is 368 g/mol. The van der Waals surface area contributed by atoms with Gasteiger partial charge in [-0.1, -0.05) is 18.6 Å². The monoisotopic (exact) mass is 368 g/mol. The molecular weight excluding hydrogens is 340 g/mol. The maximum Gasteiger partial charge on any atom is 0.223 e. The first kappa shape index (κ1) is 19.3. The Morgan fingerprint density at radius 3 is 2.89 bits per heavy atom. The number of ether oxygens (including phenoxy) is 1. The fourth-order valence-electron chi connectivity index (χ4n) is 3.11. The maximum absolute atomic E-state index is 11.9. The Labute approximate surface area is 161 Å². The number of hydrogen-bond donors (Lipinski definition) is 1. The van der Waals surface area contributed by atoms with Gasteiger partial charge in [-0.05, 0) is 44.5 Å². The molecule has 6 heteroatoms. The summed E-state index contributed by atoms with van der Waals surface area (Å²) in [5, 5.41) is 2.99. The van der Waals surface area contributed by atoms with E-state index in [-0.39, 0.29) is 17.9 Å². The quantitative estimate of drug-likeness (QED) is 0.737. The Bertz CT molecular complexity index is 734. The van der Waals surface area contributed by atoms with E-state index < -0.39 is 0 Å². The van der Waals surface area contributed by atoms with Crippen molar-refractivity contribution in [3.63, 3.8) is 0 Å². The van der Waals surface area contributed by atoms with Crippen LogP contribution in [-0.4, -0.2) is 40.5 Å². The second kappa shape index (κ2) is 9.46. The van der Waals surface area contributed by atoms with Gasteiger partial charge >= 0.3 is 0 Å². The standard InChI is InChI=1S/C21H28N4O2/c1-16(12-24-21(26)18-6-4-7-18)27-20-8-3-5-17(11-20)14-25(2)15-19-13-22-9-10-23-19/h3,5,8-11,13,16,18H,4,6-7,12,14-15H2,1-2H3,(H,24,26). The lowest BCUT2D eigenvalue weighted by Gasteiger charge is -2.25. The fraction of sp³-hybridized carbons (Fsp3) is 0.476. The number of nitrogens with one attached hydrogen (secondary N) is 1. The summed E-state index contributed by atoms with van der Waals surface area (Å²) >= 11 is 0. The molecule has 1 aliphatic rings. The molecule has 1 aromatic heterocycles. The lowest BCUT2D eigenvalue weighted by molar-refractivity contribution is -0.127. The van der Waals surface area contributed by atoms with E-state index in [1.165, 1.54) is 12.0 Å². The number of benzene rings is 1. The van der Waals surface area contributed by atoms with Crippen LogP contribution in [-0.2, 0) is 17.9 Å². The molecule has 144 valence electrons. The summed E-state index contributed by atoms with van der Waals surface area (Å²) in [4.78, 5) is 22.5. The lowest BCUT2D eigenvalue weighted by atomic mass is 9.85. The zero-order chi connectivity index (χ0) is 19.1. The van der Waals surface area contributed by atoms with Crippen molar-refractivity contribution >= 4 is 5.91 Å². The van der Waals surface area contributed by atoms with Crippen molar-refractivity contribution in [2.45, 2.75) is 45.4 Å². The van der Waals surface area contributed by atoms with Crippen molar-refractivity contribution in [1.29, 1.82) is 0 Å². The molecule has 6 nitrogen and oxygen atoms in total. The molecule has 3 rings (SSSR count). The summed E-state index contributed by atoms with van der Waals surface area (Å²) in [6.07, 6.45) is 8.32. The van der Waals surface area contributed by atoms with E-state index in [0.29, 0.717) is 6.54 Å². The predicted octanol–water partition coefficient (Wildman–Crippen LogP) is 2.79. The zero-order valence-electron chi connectivity index (χ0n) is 16.1. The Balaban J connectivity index is 1.46. The first-order chi connectivity index (χ1) is 13.1. The first-order valence-corrected chi connectivity index (χ1v) is 9.57. The molecule has 1 heterocycles. The van der Waals surface area contributed by atoms with Crippen molar-refractivity contribution in [1.82, 2.24) is 20.2 Å². The van der Waals surface area contributed by atoms with Gasteiger partial charge in [0.1, 0.15) is 11.9 Å². The van der Waals surface area contributed by atoms with Crippen LogP contribution in [0.4, 0.5) is 0 Å². The van der Waals surface area contributed by atoms with Crippen LogP contribution >= 0.6 is 0 Å². The minimum absolute atomic E-state index is 0.0680. The first-order valence-electron chi connectivity index (χ1n) is 9.57. The molecule has 0 spiro atoms. The van der Waals surface area contributed by atoms with Crippen molar-refractivity contribution < 1.29 is 9.53 Å². The van der Waals surface area contributed by atoms with E-state index in [9.17, 15) is 4.79 Å². The molecule has 2 aromatic rings. The third-order valence-corrected chi connectivity index (χ3v) is 4.78. The second-order valence-corrected chi connectivity index (χ2v) is 7.32. The molecule has 0 saturated heterocycles. The van der Waals surface area contributed by atoms with Crippen LogP contribution in [0.3, 0.4) is 0 Å². The van der Waals surface area contributed by atoms with Gasteiger partial charge in [-0.3, -0.25) is 19.7 Å². The third-order valence-electron chi connectivity index (χ3n) is 4.78. The summed E-state index contributed by atoms with van der Waals surface area (Å²) in [5.41, 5.74) is 2.12. The molecule has 1 unspecified atom stereocenters. The normalized spacial score (nSPS) is 15.2. The number of nitrogens with zero attached hydrogens (tertiary/aromatic N) is 3. The SMILES string of the molecule is CC(CNC(=O)C1CCC1)Oc1cccc(CN(C)Cc2cnccn2)c1. The highest BCUT2D eigenvalue weighted by atomic mass is 16.5. The number of hydrogen-bond acceptors (Lipinski definition) is 5. The molecule has 1 aliphatic carbocycles. The van der Waals surface area contributed by atoms with Crippen LogP contribution in [0.5, 0.6) is 5.75 Å². The van der Waals surface area contributed by atoms with Gasteiger partial charge in [0.15, 0.2) is 0 Å². The summed E-state index contributed by atoms with van der Waals surface area (Å²) < 4.78 is 5.98. The Morgan fingerprint density at radius 1 is 1.33 bits per heavy atom. The summed E-state index contributed by atoms with van der Waals surface area (Å²) in [7, 11) is 2.06. The Kier molecular flexibility index (Phi) is 6.76. The largest absolute Gasteiger partial charge is 0.489 e. The highest BCUT2D eigenvalue weighted by Gasteiger charge is 2.25. The van der Waals surface area contributed by atoms with Crippen LogP contribution in [0.25, 0.3) is 0 Å². The van der Waals surface area contributed by atoms with Gasteiger partial charge in [0.2, 0.25) is 5.91 Å². The van der Waals surface area contributed by atoms with Crippen molar-refractivity contribution in [3.05, 3.63) is 54.1 Å². The highest BCUT2D eigenvalue weighted by molar-refractivity contribution is 5.79. The van der Waals surface area contributed by atoms with Gasteiger partial charge in [0.25, 0.3) is 0 Å². The van der Waals surface area contributed by atoms with Crippen LogP contribution in [0.2, 0.25) is 0 Å². The average Bonchev–Trinajstić information content (AvgIpc) is 2.59. The third kappa shape index (κ3) is 6.03. The number of carbonyl (C=O) groups excluding carboxylic acids is 1. The van der Waals surface area contributed by atoms with E-state index >= 15 is 0 Å². The highest BCUT2D eigenvalue weighted by Crippen LogP contribution is 2.26. The molecule has 1 amide bonds. The summed E-state index contributed by atoms with van der Waals surface area (Å²) in [5.74, 6) is 1.20. The van der Waals surface area contributed by atoms with E-state index in [0.717, 1.165) is 37.4 Å². The Hall–Kier alpha value is -2.47. The van der Waals surface area contributed by atoms with Gasteiger partial charge in [0.05, 0.1) is 12.2 Å². The number of amides is 1. The van der Waals surface area contributed by atoms with E-state index in [2.05, 4.69) is 39.4 Å². The van der Waals surface area contributed by atoms with Crippen LogP contribution in [0, 0.1) is 5.92 Å². The molecular formula is C21H28N4O2. The topological polar surface area (TPSA) is 67.3 Å².